The number of rotatable bonds is 3. The third-order valence-corrected chi connectivity index (χ3v) is 4.77. The third kappa shape index (κ3) is 3.44. The molecule has 2 N–H and O–H groups in total. The molecule has 124 valence electrons. The summed E-state index contributed by atoms with van der Waals surface area (Å²) in [5.74, 6) is 0. The number of hydrogen-bond donors (Lipinski definition) is 1. The van der Waals surface area contributed by atoms with Crippen molar-refractivity contribution in [2.45, 2.75) is 12.5 Å². The first-order valence-electron chi connectivity index (χ1n) is 7.65. The SMILES string of the molecule is CN(C)c1ccc(C2CC(c3cccc(Br)c3)=NN2C(N)=S)cc1. The average molecular weight is 403 g/mol. The van der Waals surface area contributed by atoms with Gasteiger partial charge in [-0.3, -0.25) is 0 Å². The molecule has 4 nitrogen and oxygen atoms in total. The molecular formula is C18H19BrN4S. The molecule has 1 atom stereocenters. The molecular weight excluding hydrogens is 384 g/mol. The van der Waals surface area contributed by atoms with Crippen molar-refractivity contribution >= 4 is 44.7 Å². The summed E-state index contributed by atoms with van der Waals surface area (Å²) in [5, 5.41) is 6.71. The van der Waals surface area contributed by atoms with E-state index < -0.39 is 0 Å². The minimum absolute atomic E-state index is 0.0349. The van der Waals surface area contributed by atoms with Crippen LogP contribution in [0.5, 0.6) is 0 Å². The van der Waals surface area contributed by atoms with Gasteiger partial charge in [0.05, 0.1) is 11.8 Å². The van der Waals surface area contributed by atoms with Crippen molar-refractivity contribution in [2.24, 2.45) is 10.8 Å². The molecule has 0 saturated heterocycles. The van der Waals surface area contributed by atoms with E-state index in [1.165, 1.54) is 0 Å². The normalized spacial score (nSPS) is 16.9. The van der Waals surface area contributed by atoms with Gasteiger partial charge in [-0.15, -0.1) is 0 Å². The van der Waals surface area contributed by atoms with Crippen LogP contribution in [0.4, 0.5) is 5.69 Å². The van der Waals surface area contributed by atoms with Crippen molar-refractivity contribution in [3.05, 3.63) is 64.1 Å². The number of hydrogen-bond acceptors (Lipinski definition) is 3. The average Bonchev–Trinajstić information content (AvgIpc) is 3.00. The van der Waals surface area contributed by atoms with Gasteiger partial charge < -0.3 is 10.6 Å². The van der Waals surface area contributed by atoms with Gasteiger partial charge in [0.1, 0.15) is 0 Å². The molecule has 0 saturated carbocycles. The smallest absolute Gasteiger partial charge is 0.187 e. The molecule has 6 heteroatoms. The van der Waals surface area contributed by atoms with Crippen molar-refractivity contribution in [3.63, 3.8) is 0 Å². The van der Waals surface area contributed by atoms with Gasteiger partial charge in [-0.25, -0.2) is 5.01 Å². The number of thiocarbonyl (C=S) groups is 1. The number of anilines is 1. The molecule has 0 bridgehead atoms. The summed E-state index contributed by atoms with van der Waals surface area (Å²) < 4.78 is 1.03. The Balaban J connectivity index is 1.90. The maximum absolute atomic E-state index is 5.91. The van der Waals surface area contributed by atoms with E-state index in [-0.39, 0.29) is 6.04 Å². The zero-order valence-corrected chi connectivity index (χ0v) is 16.0. The van der Waals surface area contributed by atoms with E-state index in [0.29, 0.717) is 5.11 Å². The van der Waals surface area contributed by atoms with Crippen LogP contribution in [0.15, 0.2) is 58.1 Å². The van der Waals surface area contributed by atoms with Crippen molar-refractivity contribution in [1.82, 2.24) is 5.01 Å². The van der Waals surface area contributed by atoms with Crippen LogP contribution in [-0.2, 0) is 0 Å². The van der Waals surface area contributed by atoms with Gasteiger partial charge in [-0.05, 0) is 47.6 Å². The molecule has 1 unspecified atom stereocenters. The van der Waals surface area contributed by atoms with Crippen LogP contribution in [0.1, 0.15) is 23.6 Å². The van der Waals surface area contributed by atoms with Gasteiger partial charge >= 0.3 is 0 Å². The maximum Gasteiger partial charge on any atom is 0.187 e. The van der Waals surface area contributed by atoms with Crippen molar-refractivity contribution < 1.29 is 0 Å². The second-order valence-electron chi connectivity index (χ2n) is 5.95. The second-order valence-corrected chi connectivity index (χ2v) is 7.28. The van der Waals surface area contributed by atoms with Crippen LogP contribution < -0.4 is 10.6 Å². The third-order valence-electron chi connectivity index (χ3n) is 4.09. The predicted molar refractivity (Wildman–Crippen MR) is 107 cm³/mol. The molecule has 0 radical (unpaired) electrons. The Labute approximate surface area is 156 Å². The van der Waals surface area contributed by atoms with Gasteiger partial charge in [0.2, 0.25) is 0 Å². The standard InChI is InChI=1S/C18H19BrN4S/c1-22(2)15-8-6-12(7-9-15)17-11-16(21-23(17)18(20)24)13-4-3-5-14(19)10-13/h3-10,17H,11H2,1-2H3,(H2,20,24). The van der Waals surface area contributed by atoms with Gasteiger partial charge in [-0.1, -0.05) is 40.2 Å². The lowest BCUT2D eigenvalue weighted by Gasteiger charge is -2.22. The molecule has 0 aliphatic carbocycles. The highest BCUT2D eigenvalue weighted by atomic mass is 79.9. The fourth-order valence-electron chi connectivity index (χ4n) is 2.81. The number of halogens is 1. The fraction of sp³-hybridized carbons (Fsp3) is 0.222. The Morgan fingerprint density at radius 1 is 1.25 bits per heavy atom. The van der Waals surface area contributed by atoms with E-state index in [0.717, 1.165) is 33.4 Å². The van der Waals surface area contributed by atoms with E-state index in [4.69, 9.17) is 18.0 Å². The Bertz CT molecular complexity index is 786. The van der Waals surface area contributed by atoms with Gasteiger partial charge in [0.25, 0.3) is 0 Å². The lowest BCUT2D eigenvalue weighted by molar-refractivity contribution is 0.373. The lowest BCUT2D eigenvalue weighted by atomic mass is 9.98. The fourth-order valence-corrected chi connectivity index (χ4v) is 3.38. The van der Waals surface area contributed by atoms with Crippen LogP contribution in [0, 0.1) is 0 Å². The first-order chi connectivity index (χ1) is 11.5. The van der Waals surface area contributed by atoms with E-state index in [2.05, 4.69) is 62.3 Å². The minimum Gasteiger partial charge on any atom is -0.378 e. The Kier molecular flexibility index (Phi) is 4.87. The Hall–Kier alpha value is -1.92. The molecule has 0 spiro atoms. The molecule has 2 aromatic rings. The number of nitrogens with zero attached hydrogens (tertiary/aromatic N) is 3. The molecule has 0 fully saturated rings. The van der Waals surface area contributed by atoms with Gasteiger partial charge in [0, 0.05) is 30.7 Å². The molecule has 0 amide bonds. The maximum atomic E-state index is 5.91. The molecule has 1 heterocycles. The van der Waals surface area contributed by atoms with Crippen LogP contribution in [0.2, 0.25) is 0 Å². The Morgan fingerprint density at radius 3 is 2.54 bits per heavy atom. The number of nitrogens with two attached hydrogens (primary N) is 1. The molecule has 0 aromatic heterocycles. The molecule has 3 rings (SSSR count). The van der Waals surface area contributed by atoms with Crippen molar-refractivity contribution in [2.75, 3.05) is 19.0 Å². The van der Waals surface area contributed by atoms with E-state index in [1.54, 1.807) is 5.01 Å². The van der Waals surface area contributed by atoms with Gasteiger partial charge in [-0.2, -0.15) is 5.10 Å². The molecule has 1 aliphatic rings. The summed E-state index contributed by atoms with van der Waals surface area (Å²) in [4.78, 5) is 2.08. The number of benzene rings is 2. The monoisotopic (exact) mass is 402 g/mol. The zero-order valence-electron chi connectivity index (χ0n) is 13.6. The zero-order chi connectivity index (χ0) is 17.3. The highest BCUT2D eigenvalue weighted by Gasteiger charge is 2.30. The molecule has 2 aromatic carbocycles. The summed E-state index contributed by atoms with van der Waals surface area (Å²) in [7, 11) is 4.06. The van der Waals surface area contributed by atoms with Crippen LogP contribution in [0.3, 0.4) is 0 Å². The van der Waals surface area contributed by atoms with Gasteiger partial charge in [0.15, 0.2) is 5.11 Å². The topological polar surface area (TPSA) is 44.9 Å². The number of hydrazone groups is 1. The predicted octanol–water partition coefficient (Wildman–Crippen LogP) is 3.91. The summed E-state index contributed by atoms with van der Waals surface area (Å²) in [5.41, 5.74) is 10.3. The summed E-state index contributed by atoms with van der Waals surface area (Å²) in [6.07, 6.45) is 0.773. The van der Waals surface area contributed by atoms with Crippen molar-refractivity contribution in [1.29, 1.82) is 0 Å². The molecule has 1 aliphatic heterocycles. The highest BCUT2D eigenvalue weighted by Crippen LogP contribution is 2.33. The van der Waals surface area contributed by atoms with E-state index in [1.807, 2.05) is 26.2 Å². The summed E-state index contributed by atoms with van der Waals surface area (Å²) in [6, 6.07) is 16.6. The quantitative estimate of drug-likeness (QED) is 0.790. The van der Waals surface area contributed by atoms with Crippen molar-refractivity contribution in [3.8, 4) is 0 Å². The van der Waals surface area contributed by atoms with E-state index >= 15 is 0 Å². The largest absolute Gasteiger partial charge is 0.378 e. The van der Waals surface area contributed by atoms with Crippen LogP contribution in [0.25, 0.3) is 0 Å². The summed E-state index contributed by atoms with van der Waals surface area (Å²) >= 11 is 8.72. The van der Waals surface area contributed by atoms with E-state index in [9.17, 15) is 0 Å². The highest BCUT2D eigenvalue weighted by molar-refractivity contribution is 9.10. The summed E-state index contributed by atoms with van der Waals surface area (Å²) in [6.45, 7) is 0. The first-order valence-corrected chi connectivity index (χ1v) is 8.85. The van der Waals surface area contributed by atoms with Crippen LogP contribution in [-0.4, -0.2) is 29.9 Å². The molecule has 24 heavy (non-hydrogen) atoms. The van der Waals surface area contributed by atoms with Crippen LogP contribution >= 0.6 is 28.1 Å². The first kappa shape index (κ1) is 16.9. The minimum atomic E-state index is 0.0349. The lowest BCUT2D eigenvalue weighted by Crippen LogP contribution is -2.31. The second kappa shape index (κ2) is 6.91. The Morgan fingerprint density at radius 2 is 1.96 bits per heavy atom.